The molecule has 2 heterocycles. The second kappa shape index (κ2) is 9.08. The first-order valence-corrected chi connectivity index (χ1v) is 8.19. The number of ether oxygens (including phenoxy) is 1. The van der Waals surface area contributed by atoms with Gasteiger partial charge in [-0.15, -0.1) is 48.5 Å². The molecule has 0 fully saturated rings. The Bertz CT molecular complexity index is 897. The van der Waals surface area contributed by atoms with Gasteiger partial charge in [0, 0.05) is 5.38 Å². The van der Waals surface area contributed by atoms with E-state index in [-0.39, 0.29) is 42.2 Å². The lowest BCUT2D eigenvalue weighted by molar-refractivity contribution is -0.274. The van der Waals surface area contributed by atoms with Gasteiger partial charge in [-0.1, -0.05) is 12.1 Å². The molecule has 0 spiro atoms. The molecule has 3 N–H and O–H groups in total. The Balaban J connectivity index is 0.00000261. The number of aromatic nitrogens is 1. The summed E-state index contributed by atoms with van der Waals surface area (Å²) in [6, 6.07) is 9.11. The van der Waals surface area contributed by atoms with Crippen molar-refractivity contribution in [2.24, 2.45) is 10.7 Å². The van der Waals surface area contributed by atoms with Crippen LogP contribution in [0.2, 0.25) is 0 Å². The number of furan rings is 1. The van der Waals surface area contributed by atoms with E-state index in [0.29, 0.717) is 16.5 Å². The predicted molar refractivity (Wildman–Crippen MR) is 107 cm³/mol. The van der Waals surface area contributed by atoms with Crippen LogP contribution in [0.15, 0.2) is 57.5 Å². The molecule has 27 heavy (non-hydrogen) atoms. The minimum atomic E-state index is -4.80. The van der Waals surface area contributed by atoms with Crippen LogP contribution in [0, 0.1) is 0 Å². The number of hydrogen-bond donors (Lipinski definition) is 2. The number of nitrogens with two attached hydrogens (primary N) is 1. The zero-order valence-corrected chi connectivity index (χ0v) is 16.7. The van der Waals surface area contributed by atoms with Gasteiger partial charge in [0.2, 0.25) is 0 Å². The number of para-hydroxylation sites is 2. The fourth-order valence-corrected chi connectivity index (χ4v) is 2.80. The molecular weight excluding hydrogens is 496 g/mol. The van der Waals surface area contributed by atoms with Gasteiger partial charge in [0.05, 0.1) is 24.2 Å². The first-order valence-electron chi connectivity index (χ1n) is 7.31. The highest BCUT2D eigenvalue weighted by Gasteiger charge is 2.32. The normalized spacial score (nSPS) is 11.7. The van der Waals surface area contributed by atoms with Gasteiger partial charge in [-0.3, -0.25) is 0 Å². The Kier molecular flexibility index (Phi) is 7.07. The topological polar surface area (TPSA) is 85.7 Å². The number of guanidine groups is 1. The average Bonchev–Trinajstić information content (AvgIpc) is 3.24. The molecule has 3 aromatic rings. The maximum absolute atomic E-state index is 12.4. The van der Waals surface area contributed by atoms with Crippen molar-refractivity contribution in [3.05, 3.63) is 53.7 Å². The Hall–Kier alpha value is -2.28. The number of alkyl halides is 3. The van der Waals surface area contributed by atoms with Crippen molar-refractivity contribution >= 4 is 47.0 Å². The maximum atomic E-state index is 12.4. The van der Waals surface area contributed by atoms with Crippen molar-refractivity contribution in [1.29, 1.82) is 0 Å². The van der Waals surface area contributed by atoms with Crippen LogP contribution >= 0.6 is 35.3 Å². The molecule has 0 aliphatic rings. The smallest absolute Gasteiger partial charge is 0.462 e. The first-order chi connectivity index (χ1) is 12.4. The summed E-state index contributed by atoms with van der Waals surface area (Å²) in [7, 11) is 0. The highest BCUT2D eigenvalue weighted by atomic mass is 127. The number of aliphatic imine (C=N–C) groups is 1. The van der Waals surface area contributed by atoms with Gasteiger partial charge in [0.25, 0.3) is 0 Å². The standard InChI is InChI=1S/C16H13F3N4O2S.HI/c17-16(18,19)25-12-5-2-1-4-11(12)23-15(20)21-8-10-9-26-14(22-10)13-6-3-7-24-13;/h1-7,9H,8H2,(H3,20,21,23);1H. The zero-order chi connectivity index (χ0) is 18.6. The second-order valence-corrected chi connectivity index (χ2v) is 5.85. The summed E-state index contributed by atoms with van der Waals surface area (Å²) in [5, 5.41) is 5.10. The molecular formula is C16H14F3IN4O2S. The van der Waals surface area contributed by atoms with Gasteiger partial charge < -0.3 is 20.2 Å². The molecule has 144 valence electrons. The Morgan fingerprint density at radius 2 is 2.04 bits per heavy atom. The molecule has 0 aliphatic carbocycles. The lowest BCUT2D eigenvalue weighted by Gasteiger charge is -2.14. The van der Waals surface area contributed by atoms with E-state index >= 15 is 0 Å². The molecule has 6 nitrogen and oxygen atoms in total. The van der Waals surface area contributed by atoms with E-state index in [1.807, 2.05) is 0 Å². The van der Waals surface area contributed by atoms with Crippen LogP contribution in [0.3, 0.4) is 0 Å². The van der Waals surface area contributed by atoms with Gasteiger partial charge in [0.15, 0.2) is 22.5 Å². The van der Waals surface area contributed by atoms with E-state index in [2.05, 4.69) is 20.0 Å². The number of rotatable bonds is 5. The van der Waals surface area contributed by atoms with Crippen LogP contribution in [-0.2, 0) is 6.54 Å². The minimum Gasteiger partial charge on any atom is -0.462 e. The summed E-state index contributed by atoms with van der Waals surface area (Å²) in [6.07, 6.45) is -3.25. The quantitative estimate of drug-likeness (QED) is 0.292. The van der Waals surface area contributed by atoms with Crippen LogP contribution < -0.4 is 15.8 Å². The fourth-order valence-electron chi connectivity index (χ4n) is 2.02. The summed E-state index contributed by atoms with van der Waals surface area (Å²) in [5.41, 5.74) is 6.46. The molecule has 0 saturated carbocycles. The molecule has 0 bridgehead atoms. The van der Waals surface area contributed by atoms with E-state index < -0.39 is 12.1 Å². The molecule has 2 aromatic heterocycles. The highest BCUT2D eigenvalue weighted by molar-refractivity contribution is 14.0. The van der Waals surface area contributed by atoms with Gasteiger partial charge in [-0.2, -0.15) is 0 Å². The van der Waals surface area contributed by atoms with Crippen LogP contribution in [0.5, 0.6) is 5.75 Å². The Labute approximate surface area is 173 Å². The zero-order valence-electron chi connectivity index (χ0n) is 13.6. The molecule has 0 radical (unpaired) electrons. The molecule has 1 aromatic carbocycles. The summed E-state index contributed by atoms with van der Waals surface area (Å²) in [5.74, 6) is 0.192. The molecule has 3 rings (SSSR count). The van der Waals surface area contributed by atoms with E-state index in [0.717, 1.165) is 0 Å². The highest BCUT2D eigenvalue weighted by Crippen LogP contribution is 2.29. The Morgan fingerprint density at radius 1 is 1.26 bits per heavy atom. The number of nitrogens with zero attached hydrogens (tertiary/aromatic N) is 2. The van der Waals surface area contributed by atoms with Crippen LogP contribution in [0.4, 0.5) is 18.9 Å². The van der Waals surface area contributed by atoms with E-state index in [1.165, 1.54) is 29.5 Å². The predicted octanol–water partition coefficient (Wildman–Crippen LogP) is 4.85. The van der Waals surface area contributed by atoms with Gasteiger partial charge in [-0.05, 0) is 24.3 Å². The second-order valence-electron chi connectivity index (χ2n) is 4.99. The number of benzene rings is 1. The number of hydrogen-bond acceptors (Lipinski definition) is 5. The van der Waals surface area contributed by atoms with Crippen LogP contribution in [-0.4, -0.2) is 17.3 Å². The monoisotopic (exact) mass is 510 g/mol. The van der Waals surface area contributed by atoms with Crippen molar-refractivity contribution in [3.63, 3.8) is 0 Å². The van der Waals surface area contributed by atoms with Crippen LogP contribution in [0.1, 0.15) is 5.69 Å². The minimum absolute atomic E-state index is 0. The van der Waals surface area contributed by atoms with Crippen molar-refractivity contribution in [1.82, 2.24) is 4.98 Å². The molecule has 0 atom stereocenters. The summed E-state index contributed by atoms with van der Waals surface area (Å²) >= 11 is 1.39. The third-order valence-corrected chi connectivity index (χ3v) is 3.98. The van der Waals surface area contributed by atoms with Crippen molar-refractivity contribution in [3.8, 4) is 16.5 Å². The van der Waals surface area contributed by atoms with E-state index in [1.54, 1.807) is 29.8 Å². The molecule has 0 unspecified atom stereocenters. The van der Waals surface area contributed by atoms with Gasteiger partial charge in [-0.25, -0.2) is 9.98 Å². The number of nitrogens with one attached hydrogen (secondary N) is 1. The third-order valence-electron chi connectivity index (χ3n) is 3.07. The third kappa shape index (κ3) is 6.13. The summed E-state index contributed by atoms with van der Waals surface area (Å²) in [6.45, 7) is 0.165. The van der Waals surface area contributed by atoms with Crippen LogP contribution in [0.25, 0.3) is 10.8 Å². The van der Waals surface area contributed by atoms with Crippen molar-refractivity contribution in [2.75, 3.05) is 5.32 Å². The molecule has 0 amide bonds. The molecule has 0 aliphatic heterocycles. The van der Waals surface area contributed by atoms with Crippen molar-refractivity contribution < 1.29 is 22.3 Å². The summed E-state index contributed by atoms with van der Waals surface area (Å²) in [4.78, 5) is 8.44. The van der Waals surface area contributed by atoms with Crippen molar-refractivity contribution in [2.45, 2.75) is 12.9 Å². The lowest BCUT2D eigenvalue weighted by Crippen LogP contribution is -2.24. The fraction of sp³-hybridized carbons (Fsp3) is 0.125. The average molecular weight is 510 g/mol. The maximum Gasteiger partial charge on any atom is 0.573 e. The first kappa shape index (κ1) is 21.0. The molecule has 11 heteroatoms. The van der Waals surface area contributed by atoms with Gasteiger partial charge in [0.1, 0.15) is 0 Å². The van der Waals surface area contributed by atoms with E-state index in [4.69, 9.17) is 10.2 Å². The lowest BCUT2D eigenvalue weighted by atomic mass is 10.3. The number of anilines is 1. The molecule has 0 saturated heterocycles. The van der Waals surface area contributed by atoms with E-state index in [9.17, 15) is 13.2 Å². The number of halogens is 4. The van der Waals surface area contributed by atoms with Gasteiger partial charge >= 0.3 is 6.36 Å². The summed E-state index contributed by atoms with van der Waals surface area (Å²) < 4.78 is 46.5. The Morgan fingerprint density at radius 3 is 2.74 bits per heavy atom. The SMILES string of the molecule is I.NC(=NCc1csc(-c2ccco2)n1)Nc1ccccc1OC(F)(F)F. The number of thiazole rings is 1. The largest absolute Gasteiger partial charge is 0.573 e.